The first kappa shape index (κ1) is 21.5. The summed E-state index contributed by atoms with van der Waals surface area (Å²) in [7, 11) is 0. The van der Waals surface area contributed by atoms with Gasteiger partial charge in [0.2, 0.25) is 5.91 Å². The number of carbonyl (C=O) groups excluding carboxylic acids is 2. The molecule has 30 heavy (non-hydrogen) atoms. The number of nitrogens with one attached hydrogen (secondary N) is 2. The highest BCUT2D eigenvalue weighted by Crippen LogP contribution is 2.20. The number of nitrogen functional groups attached to an aromatic ring is 1. The fourth-order valence-corrected chi connectivity index (χ4v) is 3.57. The molecule has 8 nitrogen and oxygen atoms in total. The van der Waals surface area contributed by atoms with Gasteiger partial charge in [0.15, 0.2) is 6.10 Å². The van der Waals surface area contributed by atoms with Crippen LogP contribution in [0.1, 0.15) is 51.0 Å². The Morgan fingerprint density at radius 3 is 2.93 bits per heavy atom. The van der Waals surface area contributed by atoms with E-state index in [1.165, 1.54) is 0 Å². The number of benzene rings is 1. The van der Waals surface area contributed by atoms with Gasteiger partial charge in [-0.05, 0) is 31.4 Å². The van der Waals surface area contributed by atoms with Crippen molar-refractivity contribution in [3.05, 3.63) is 41.6 Å². The monoisotopic (exact) mass is 411 g/mol. The van der Waals surface area contributed by atoms with Crippen LogP contribution in [0.4, 0.5) is 0 Å². The summed E-state index contributed by atoms with van der Waals surface area (Å²) in [6.45, 7) is 2.72. The van der Waals surface area contributed by atoms with E-state index in [-0.39, 0.29) is 23.8 Å². The minimum Gasteiger partial charge on any atom is -0.481 e. The molecular formula is C22H29N5O3. The first-order valence-electron chi connectivity index (χ1n) is 10.4. The van der Waals surface area contributed by atoms with E-state index in [1.54, 1.807) is 30.5 Å². The van der Waals surface area contributed by atoms with E-state index in [0.29, 0.717) is 36.3 Å². The summed E-state index contributed by atoms with van der Waals surface area (Å²) in [4.78, 5) is 31.2. The molecule has 2 aliphatic rings. The maximum absolute atomic E-state index is 12.8. The smallest absolute Gasteiger partial charge is 0.265 e. The lowest BCUT2D eigenvalue weighted by Crippen LogP contribution is -2.44. The topological polar surface area (TPSA) is 121 Å². The Morgan fingerprint density at radius 2 is 2.27 bits per heavy atom. The van der Waals surface area contributed by atoms with Gasteiger partial charge < -0.3 is 20.7 Å². The molecule has 1 aromatic rings. The summed E-state index contributed by atoms with van der Waals surface area (Å²) >= 11 is 0. The number of rotatable bonds is 8. The second-order valence-corrected chi connectivity index (χ2v) is 7.52. The van der Waals surface area contributed by atoms with Gasteiger partial charge in [0, 0.05) is 31.2 Å². The SMILES string of the molecule is CCCC(Oc1cccc(C(=N)N)c1)C(=O)NC1=CCC(N2CCCCC2=O)N=C1. The molecule has 2 amide bonds. The number of likely N-dealkylation sites (tertiary alicyclic amines) is 1. The predicted molar refractivity (Wildman–Crippen MR) is 115 cm³/mol. The van der Waals surface area contributed by atoms with Gasteiger partial charge in [-0.25, -0.2) is 0 Å². The number of carbonyl (C=O) groups is 2. The second-order valence-electron chi connectivity index (χ2n) is 7.52. The van der Waals surface area contributed by atoms with Crippen molar-refractivity contribution in [1.82, 2.24) is 10.2 Å². The van der Waals surface area contributed by atoms with Crippen molar-refractivity contribution in [1.29, 1.82) is 5.41 Å². The normalized spacial score (nSPS) is 19.8. The highest BCUT2D eigenvalue weighted by molar-refractivity contribution is 5.95. The van der Waals surface area contributed by atoms with Crippen molar-refractivity contribution in [3.63, 3.8) is 0 Å². The molecule has 1 aromatic carbocycles. The van der Waals surface area contributed by atoms with Crippen molar-refractivity contribution in [2.75, 3.05) is 6.54 Å². The lowest BCUT2D eigenvalue weighted by atomic mass is 10.1. The van der Waals surface area contributed by atoms with Gasteiger partial charge in [-0.3, -0.25) is 20.0 Å². The quantitative estimate of drug-likeness (QED) is 0.449. The molecule has 1 fully saturated rings. The van der Waals surface area contributed by atoms with Gasteiger partial charge in [-0.15, -0.1) is 0 Å². The molecule has 0 radical (unpaired) electrons. The number of hydrogen-bond donors (Lipinski definition) is 3. The standard InChI is InChI=1S/C22H29N5O3/c1-2-6-18(30-17-8-5-7-15(13-17)21(23)24)22(29)26-16-10-11-19(25-14-16)27-12-4-3-9-20(27)28/h5,7-8,10,13-14,18-19H,2-4,6,9,11-12H2,1H3,(H3,23,24)(H,26,29). The Balaban J connectivity index is 1.60. The third-order valence-corrected chi connectivity index (χ3v) is 5.19. The number of dihydropyridines is 1. The molecule has 0 aromatic heterocycles. The zero-order valence-electron chi connectivity index (χ0n) is 17.3. The Bertz CT molecular complexity index is 864. The second kappa shape index (κ2) is 10.0. The maximum Gasteiger partial charge on any atom is 0.265 e. The number of nitrogens with two attached hydrogens (primary N) is 1. The summed E-state index contributed by atoms with van der Waals surface area (Å²) in [5.74, 6) is 0.331. The van der Waals surface area contributed by atoms with Gasteiger partial charge >= 0.3 is 0 Å². The number of nitrogens with zero attached hydrogens (tertiary/aromatic N) is 2. The van der Waals surface area contributed by atoms with Gasteiger partial charge in [-0.2, -0.15) is 0 Å². The number of amides is 2. The molecule has 8 heteroatoms. The average Bonchev–Trinajstić information content (AvgIpc) is 2.74. The number of aliphatic imine (C=N–C) groups is 1. The zero-order chi connectivity index (χ0) is 21.5. The van der Waals surface area contributed by atoms with Gasteiger partial charge in [-0.1, -0.05) is 31.6 Å². The molecule has 0 spiro atoms. The molecule has 3 rings (SSSR count). The van der Waals surface area contributed by atoms with E-state index in [4.69, 9.17) is 15.9 Å². The Kier molecular flexibility index (Phi) is 7.21. The fourth-order valence-electron chi connectivity index (χ4n) is 3.57. The molecule has 2 atom stereocenters. The van der Waals surface area contributed by atoms with Crippen LogP contribution in [0, 0.1) is 5.41 Å². The third kappa shape index (κ3) is 5.46. The van der Waals surface area contributed by atoms with Crippen LogP contribution in [0.3, 0.4) is 0 Å². The molecule has 0 saturated carbocycles. The van der Waals surface area contributed by atoms with Crippen molar-refractivity contribution in [3.8, 4) is 5.75 Å². The van der Waals surface area contributed by atoms with E-state index >= 15 is 0 Å². The molecule has 2 aliphatic heterocycles. The highest BCUT2D eigenvalue weighted by atomic mass is 16.5. The fraction of sp³-hybridized carbons (Fsp3) is 0.455. The molecule has 4 N–H and O–H groups in total. The summed E-state index contributed by atoms with van der Waals surface area (Å²) in [6.07, 6.45) is 7.09. The van der Waals surface area contributed by atoms with Crippen molar-refractivity contribution < 1.29 is 14.3 Å². The summed E-state index contributed by atoms with van der Waals surface area (Å²) < 4.78 is 5.89. The van der Waals surface area contributed by atoms with Gasteiger partial charge in [0.25, 0.3) is 5.91 Å². The number of ether oxygens (including phenoxy) is 1. The summed E-state index contributed by atoms with van der Waals surface area (Å²) in [5.41, 5.74) is 6.69. The minimum atomic E-state index is -0.673. The van der Waals surface area contributed by atoms with Gasteiger partial charge in [0.05, 0.1) is 5.70 Å². The summed E-state index contributed by atoms with van der Waals surface area (Å²) in [5, 5.41) is 10.4. The first-order chi connectivity index (χ1) is 14.5. The van der Waals surface area contributed by atoms with Crippen LogP contribution in [0.15, 0.2) is 41.0 Å². The van der Waals surface area contributed by atoms with Gasteiger partial charge in [0.1, 0.15) is 17.8 Å². The van der Waals surface area contributed by atoms with E-state index in [0.717, 1.165) is 25.8 Å². The molecule has 1 saturated heterocycles. The first-order valence-corrected chi connectivity index (χ1v) is 10.4. The van der Waals surface area contributed by atoms with Crippen LogP contribution in [0.2, 0.25) is 0 Å². The molecular weight excluding hydrogens is 382 g/mol. The van der Waals surface area contributed by atoms with Crippen molar-refractivity contribution >= 4 is 23.9 Å². The molecule has 2 heterocycles. The Hall–Kier alpha value is -3.16. The summed E-state index contributed by atoms with van der Waals surface area (Å²) in [6, 6.07) is 6.85. The van der Waals surface area contributed by atoms with E-state index < -0.39 is 6.10 Å². The highest BCUT2D eigenvalue weighted by Gasteiger charge is 2.27. The molecule has 0 aliphatic carbocycles. The van der Waals surface area contributed by atoms with Crippen LogP contribution in [0.25, 0.3) is 0 Å². The van der Waals surface area contributed by atoms with E-state index in [1.807, 2.05) is 17.9 Å². The van der Waals surface area contributed by atoms with Crippen molar-refractivity contribution in [2.45, 2.75) is 57.7 Å². The van der Waals surface area contributed by atoms with Crippen LogP contribution in [-0.2, 0) is 9.59 Å². The maximum atomic E-state index is 12.8. The lowest BCUT2D eigenvalue weighted by molar-refractivity contribution is -0.135. The zero-order valence-corrected chi connectivity index (χ0v) is 17.3. The van der Waals surface area contributed by atoms with Crippen LogP contribution >= 0.6 is 0 Å². The number of hydrogen-bond acceptors (Lipinski definition) is 5. The van der Waals surface area contributed by atoms with Crippen LogP contribution in [0.5, 0.6) is 5.75 Å². The molecule has 0 bridgehead atoms. The van der Waals surface area contributed by atoms with E-state index in [9.17, 15) is 9.59 Å². The largest absolute Gasteiger partial charge is 0.481 e. The predicted octanol–water partition coefficient (Wildman–Crippen LogP) is 2.33. The van der Waals surface area contributed by atoms with Crippen LogP contribution < -0.4 is 15.8 Å². The van der Waals surface area contributed by atoms with E-state index in [2.05, 4.69) is 10.3 Å². The Morgan fingerprint density at radius 1 is 1.43 bits per heavy atom. The molecule has 160 valence electrons. The third-order valence-electron chi connectivity index (χ3n) is 5.19. The number of amidine groups is 1. The number of allylic oxidation sites excluding steroid dienone is 1. The lowest BCUT2D eigenvalue weighted by Gasteiger charge is -2.33. The van der Waals surface area contributed by atoms with Crippen LogP contribution in [-0.4, -0.2) is 47.6 Å². The Labute approximate surface area is 176 Å². The molecule has 2 unspecified atom stereocenters. The number of piperidine rings is 1. The minimum absolute atomic E-state index is 0.0535. The van der Waals surface area contributed by atoms with Crippen molar-refractivity contribution in [2.24, 2.45) is 10.7 Å². The average molecular weight is 412 g/mol.